The van der Waals surface area contributed by atoms with Gasteiger partial charge < -0.3 is 10.4 Å². The van der Waals surface area contributed by atoms with E-state index in [1.807, 2.05) is 0 Å². The molecule has 0 unspecified atom stereocenters. The molecule has 0 aromatic carbocycles. The van der Waals surface area contributed by atoms with Gasteiger partial charge in [0.1, 0.15) is 0 Å². The Morgan fingerprint density at radius 2 is 1.62 bits per heavy atom. The van der Waals surface area contributed by atoms with Crippen molar-refractivity contribution in [1.29, 1.82) is 0 Å². The summed E-state index contributed by atoms with van der Waals surface area (Å²) in [7, 11) is 0. The lowest BCUT2D eigenvalue weighted by Crippen LogP contribution is -2.42. The first kappa shape index (κ1) is 16.3. The van der Waals surface area contributed by atoms with Crippen LogP contribution < -0.4 is 5.32 Å². The quantitative estimate of drug-likeness (QED) is 0.780. The van der Waals surface area contributed by atoms with Crippen LogP contribution in [0.2, 0.25) is 0 Å². The Morgan fingerprint density at radius 3 is 2.14 bits per heavy atom. The molecule has 21 heavy (non-hydrogen) atoms. The van der Waals surface area contributed by atoms with Crippen LogP contribution in [0.15, 0.2) is 0 Å². The minimum atomic E-state index is -0.817. The van der Waals surface area contributed by atoms with Gasteiger partial charge in [-0.25, -0.2) is 0 Å². The molecular weight excluding hydrogens is 266 g/mol. The zero-order chi connectivity index (χ0) is 15.3. The second kappa shape index (κ2) is 7.28. The van der Waals surface area contributed by atoms with E-state index in [1.54, 1.807) is 0 Å². The minimum absolute atomic E-state index is 0.0566. The molecule has 2 aliphatic carbocycles. The monoisotopic (exact) mass is 295 g/mol. The third-order valence-corrected chi connectivity index (χ3v) is 5.39. The molecule has 2 fully saturated rings. The van der Waals surface area contributed by atoms with Crippen LogP contribution in [0, 0.1) is 11.3 Å². The summed E-state index contributed by atoms with van der Waals surface area (Å²) in [6, 6.07) is 0.255. The van der Waals surface area contributed by atoms with Crippen molar-refractivity contribution in [2.24, 2.45) is 11.3 Å². The number of carboxylic acid groups (broad SMARTS) is 1. The van der Waals surface area contributed by atoms with E-state index in [0.29, 0.717) is 12.8 Å². The lowest BCUT2D eigenvalue weighted by molar-refractivity contribution is -0.153. The molecule has 0 spiro atoms. The Labute approximate surface area is 127 Å². The van der Waals surface area contributed by atoms with Crippen molar-refractivity contribution < 1.29 is 14.7 Å². The van der Waals surface area contributed by atoms with Crippen LogP contribution >= 0.6 is 0 Å². The van der Waals surface area contributed by atoms with Crippen LogP contribution in [0.1, 0.15) is 77.6 Å². The van der Waals surface area contributed by atoms with Crippen LogP contribution in [-0.4, -0.2) is 23.0 Å². The summed E-state index contributed by atoms with van der Waals surface area (Å²) >= 11 is 0. The summed E-state index contributed by atoms with van der Waals surface area (Å²) in [4.78, 5) is 24.0. The highest BCUT2D eigenvalue weighted by Crippen LogP contribution is 2.38. The molecule has 0 saturated heterocycles. The van der Waals surface area contributed by atoms with Gasteiger partial charge in [-0.3, -0.25) is 9.59 Å². The lowest BCUT2D eigenvalue weighted by Gasteiger charge is -2.30. The average Bonchev–Trinajstić information content (AvgIpc) is 2.68. The fourth-order valence-corrected chi connectivity index (χ4v) is 3.86. The predicted octanol–water partition coefficient (Wildman–Crippen LogP) is 3.50. The summed E-state index contributed by atoms with van der Waals surface area (Å²) in [5.74, 6) is -0.0824. The van der Waals surface area contributed by atoms with E-state index in [9.17, 15) is 14.7 Å². The Morgan fingerprint density at radius 1 is 1.05 bits per heavy atom. The number of aliphatic carboxylic acids is 1. The summed E-state index contributed by atoms with van der Waals surface area (Å²) in [5.41, 5.74) is -0.817. The van der Waals surface area contributed by atoms with E-state index in [4.69, 9.17) is 0 Å². The summed E-state index contributed by atoms with van der Waals surface area (Å²) < 4.78 is 0. The topological polar surface area (TPSA) is 66.4 Å². The summed E-state index contributed by atoms with van der Waals surface area (Å²) in [6.07, 6.45) is 9.91. The second-order valence-corrected chi connectivity index (χ2v) is 7.20. The number of amides is 1. The van der Waals surface area contributed by atoms with Crippen LogP contribution in [0.5, 0.6) is 0 Å². The van der Waals surface area contributed by atoms with E-state index in [2.05, 4.69) is 12.2 Å². The maximum absolute atomic E-state index is 12.3. The molecule has 0 aromatic rings. The second-order valence-electron chi connectivity index (χ2n) is 7.20. The van der Waals surface area contributed by atoms with Gasteiger partial charge in [0.05, 0.1) is 5.41 Å². The Bertz CT molecular complexity index is 364. The van der Waals surface area contributed by atoms with Crippen LogP contribution in [0.3, 0.4) is 0 Å². The van der Waals surface area contributed by atoms with E-state index >= 15 is 0 Å². The number of rotatable bonds is 4. The molecule has 120 valence electrons. The molecule has 4 nitrogen and oxygen atoms in total. The Balaban J connectivity index is 1.90. The van der Waals surface area contributed by atoms with Crippen molar-refractivity contribution >= 4 is 11.9 Å². The van der Waals surface area contributed by atoms with Gasteiger partial charge in [0.2, 0.25) is 5.91 Å². The SMILES string of the molecule is CC1CCC(NC(=O)CC2(C(=O)O)CCCCCC2)CC1. The minimum Gasteiger partial charge on any atom is -0.481 e. The third kappa shape index (κ3) is 4.45. The zero-order valence-electron chi connectivity index (χ0n) is 13.2. The molecule has 0 aromatic heterocycles. The first-order valence-corrected chi connectivity index (χ1v) is 8.55. The molecule has 0 radical (unpaired) electrons. The third-order valence-electron chi connectivity index (χ3n) is 5.39. The number of hydrogen-bond donors (Lipinski definition) is 2. The van der Waals surface area contributed by atoms with Gasteiger partial charge >= 0.3 is 5.97 Å². The fraction of sp³-hybridized carbons (Fsp3) is 0.882. The fourth-order valence-electron chi connectivity index (χ4n) is 3.86. The molecule has 0 heterocycles. The number of hydrogen-bond acceptors (Lipinski definition) is 2. The van der Waals surface area contributed by atoms with Crippen molar-refractivity contribution in [3.63, 3.8) is 0 Å². The van der Waals surface area contributed by atoms with Gasteiger partial charge in [0, 0.05) is 12.5 Å². The van der Waals surface area contributed by atoms with Gasteiger partial charge in [-0.05, 0) is 44.4 Å². The summed E-state index contributed by atoms with van der Waals surface area (Å²) in [6.45, 7) is 2.25. The molecule has 0 bridgehead atoms. The molecule has 2 aliphatic rings. The predicted molar refractivity (Wildman–Crippen MR) is 82.0 cm³/mol. The molecular formula is C17H29NO3. The number of nitrogens with one attached hydrogen (secondary N) is 1. The van der Waals surface area contributed by atoms with Crippen molar-refractivity contribution in [2.75, 3.05) is 0 Å². The largest absolute Gasteiger partial charge is 0.481 e. The molecule has 2 rings (SSSR count). The van der Waals surface area contributed by atoms with Gasteiger partial charge in [-0.1, -0.05) is 32.6 Å². The van der Waals surface area contributed by atoms with E-state index in [0.717, 1.165) is 57.3 Å². The first-order valence-electron chi connectivity index (χ1n) is 8.55. The number of carbonyl (C=O) groups is 2. The van der Waals surface area contributed by atoms with Crippen molar-refractivity contribution in [3.8, 4) is 0 Å². The maximum atomic E-state index is 12.3. The molecule has 2 saturated carbocycles. The molecule has 1 amide bonds. The van der Waals surface area contributed by atoms with Gasteiger partial charge in [0.25, 0.3) is 0 Å². The van der Waals surface area contributed by atoms with Gasteiger partial charge in [0.15, 0.2) is 0 Å². The lowest BCUT2D eigenvalue weighted by atomic mass is 9.77. The van der Waals surface area contributed by atoms with E-state index < -0.39 is 11.4 Å². The maximum Gasteiger partial charge on any atom is 0.310 e. The van der Waals surface area contributed by atoms with E-state index in [-0.39, 0.29) is 18.4 Å². The van der Waals surface area contributed by atoms with Gasteiger partial charge in [-0.2, -0.15) is 0 Å². The summed E-state index contributed by atoms with van der Waals surface area (Å²) in [5, 5.41) is 12.7. The standard InChI is InChI=1S/C17H29NO3/c1-13-6-8-14(9-7-13)18-15(19)12-17(16(20)21)10-4-2-3-5-11-17/h13-14H,2-12H2,1H3,(H,18,19)(H,20,21). The molecule has 0 aliphatic heterocycles. The van der Waals surface area contributed by atoms with Gasteiger partial charge in [-0.15, -0.1) is 0 Å². The van der Waals surface area contributed by atoms with Crippen LogP contribution in [-0.2, 0) is 9.59 Å². The van der Waals surface area contributed by atoms with Crippen molar-refractivity contribution in [2.45, 2.75) is 83.6 Å². The zero-order valence-corrected chi connectivity index (χ0v) is 13.2. The normalized spacial score (nSPS) is 29.4. The van der Waals surface area contributed by atoms with Crippen molar-refractivity contribution in [3.05, 3.63) is 0 Å². The average molecular weight is 295 g/mol. The van der Waals surface area contributed by atoms with Crippen LogP contribution in [0.25, 0.3) is 0 Å². The number of carboxylic acids is 1. The highest BCUT2D eigenvalue weighted by molar-refractivity contribution is 5.85. The number of carbonyl (C=O) groups excluding carboxylic acids is 1. The smallest absolute Gasteiger partial charge is 0.310 e. The van der Waals surface area contributed by atoms with E-state index in [1.165, 1.54) is 0 Å². The van der Waals surface area contributed by atoms with Crippen LogP contribution in [0.4, 0.5) is 0 Å². The van der Waals surface area contributed by atoms with Crippen molar-refractivity contribution in [1.82, 2.24) is 5.32 Å². The Hall–Kier alpha value is -1.06. The molecule has 2 N–H and O–H groups in total. The molecule has 4 heteroatoms. The highest BCUT2D eigenvalue weighted by Gasteiger charge is 2.40. The first-order chi connectivity index (χ1) is 10.0. The molecule has 0 atom stereocenters. The Kier molecular flexibility index (Phi) is 5.65. The highest BCUT2D eigenvalue weighted by atomic mass is 16.4.